The SMILES string of the molecule is Clc1nc2cc(I)cnc2nc1N1CCN2CCCC2C1. The van der Waals surface area contributed by atoms with Gasteiger partial charge in [0.25, 0.3) is 0 Å². The van der Waals surface area contributed by atoms with Gasteiger partial charge in [0.05, 0.1) is 0 Å². The van der Waals surface area contributed by atoms with Crippen LogP contribution in [0, 0.1) is 3.57 Å². The first-order chi connectivity index (χ1) is 10.2. The Morgan fingerprint density at radius 2 is 2.14 bits per heavy atom. The Hall–Kier alpha value is -0.730. The molecule has 2 aliphatic rings. The molecule has 2 saturated heterocycles. The van der Waals surface area contributed by atoms with Crippen molar-refractivity contribution >= 4 is 51.2 Å². The Bertz CT molecular complexity index is 694. The molecule has 0 spiro atoms. The Labute approximate surface area is 141 Å². The highest BCUT2D eigenvalue weighted by molar-refractivity contribution is 14.1. The normalized spacial score (nSPS) is 22.8. The lowest BCUT2D eigenvalue weighted by Crippen LogP contribution is -2.50. The molecule has 21 heavy (non-hydrogen) atoms. The van der Waals surface area contributed by atoms with E-state index in [1.54, 1.807) is 0 Å². The second-order valence-electron chi connectivity index (χ2n) is 5.61. The van der Waals surface area contributed by atoms with Crippen LogP contribution in [-0.2, 0) is 0 Å². The van der Waals surface area contributed by atoms with Gasteiger partial charge in [0.2, 0.25) is 0 Å². The number of nitrogens with zero attached hydrogens (tertiary/aromatic N) is 5. The van der Waals surface area contributed by atoms with Crippen LogP contribution in [0.4, 0.5) is 5.82 Å². The number of piperazine rings is 1. The Morgan fingerprint density at radius 1 is 1.24 bits per heavy atom. The fraction of sp³-hybridized carbons (Fsp3) is 0.500. The molecule has 0 saturated carbocycles. The highest BCUT2D eigenvalue weighted by atomic mass is 127. The van der Waals surface area contributed by atoms with Gasteiger partial charge in [-0.15, -0.1) is 0 Å². The quantitative estimate of drug-likeness (QED) is 0.670. The third kappa shape index (κ3) is 2.57. The van der Waals surface area contributed by atoms with Gasteiger partial charge in [-0.2, -0.15) is 0 Å². The Morgan fingerprint density at radius 3 is 3.05 bits per heavy atom. The Balaban J connectivity index is 1.69. The van der Waals surface area contributed by atoms with E-state index in [9.17, 15) is 0 Å². The standard InChI is InChI=1S/C14H15ClIN5/c15-12-14(19-13-11(18-12)6-9(16)7-17-13)21-5-4-20-3-1-2-10(20)8-21/h6-7,10H,1-5,8H2. The Kier molecular flexibility index (Phi) is 3.63. The van der Waals surface area contributed by atoms with Crippen LogP contribution in [0.15, 0.2) is 12.3 Å². The van der Waals surface area contributed by atoms with E-state index in [1.807, 2.05) is 12.3 Å². The summed E-state index contributed by atoms with van der Waals surface area (Å²) in [6, 6.07) is 2.59. The summed E-state index contributed by atoms with van der Waals surface area (Å²) in [6.45, 7) is 4.27. The average Bonchev–Trinajstić information content (AvgIpc) is 2.93. The van der Waals surface area contributed by atoms with E-state index in [4.69, 9.17) is 11.6 Å². The fourth-order valence-corrected chi connectivity index (χ4v) is 3.96. The van der Waals surface area contributed by atoms with Crippen molar-refractivity contribution in [3.05, 3.63) is 21.0 Å². The number of rotatable bonds is 1. The molecule has 5 nitrogen and oxygen atoms in total. The molecule has 0 aromatic carbocycles. The highest BCUT2D eigenvalue weighted by Gasteiger charge is 2.32. The van der Waals surface area contributed by atoms with E-state index in [0.717, 1.165) is 34.5 Å². The van der Waals surface area contributed by atoms with E-state index >= 15 is 0 Å². The molecule has 0 N–H and O–H groups in total. The summed E-state index contributed by atoms with van der Waals surface area (Å²) in [5.74, 6) is 0.782. The number of fused-ring (bicyclic) bond motifs is 2. The van der Waals surface area contributed by atoms with E-state index in [-0.39, 0.29) is 0 Å². The van der Waals surface area contributed by atoms with Crippen LogP contribution in [0.5, 0.6) is 0 Å². The predicted octanol–water partition coefficient (Wildman–Crippen LogP) is 2.57. The third-order valence-electron chi connectivity index (χ3n) is 4.32. The number of halogens is 2. The molecule has 1 atom stereocenters. The van der Waals surface area contributed by atoms with Gasteiger partial charge >= 0.3 is 0 Å². The summed E-state index contributed by atoms with van der Waals surface area (Å²) in [5, 5.41) is 0.484. The van der Waals surface area contributed by atoms with Crippen molar-refractivity contribution in [2.45, 2.75) is 18.9 Å². The van der Waals surface area contributed by atoms with Gasteiger partial charge in [-0.1, -0.05) is 11.6 Å². The molecule has 4 heterocycles. The molecule has 7 heteroatoms. The van der Waals surface area contributed by atoms with Crippen molar-refractivity contribution in [1.29, 1.82) is 0 Å². The van der Waals surface area contributed by atoms with Crippen molar-refractivity contribution in [2.75, 3.05) is 31.1 Å². The summed E-state index contributed by atoms with van der Waals surface area (Å²) in [5.41, 5.74) is 1.43. The summed E-state index contributed by atoms with van der Waals surface area (Å²) in [7, 11) is 0. The minimum atomic E-state index is 0.484. The second kappa shape index (κ2) is 5.48. The van der Waals surface area contributed by atoms with Crippen molar-refractivity contribution < 1.29 is 0 Å². The molecule has 2 aromatic rings. The zero-order valence-corrected chi connectivity index (χ0v) is 14.4. The first kappa shape index (κ1) is 13.9. The topological polar surface area (TPSA) is 45.2 Å². The molecule has 1 unspecified atom stereocenters. The van der Waals surface area contributed by atoms with E-state index < -0.39 is 0 Å². The van der Waals surface area contributed by atoms with Crippen molar-refractivity contribution in [2.24, 2.45) is 0 Å². The molecule has 2 aliphatic heterocycles. The molecular weight excluding hydrogens is 401 g/mol. The summed E-state index contributed by atoms with van der Waals surface area (Å²) >= 11 is 8.59. The predicted molar refractivity (Wildman–Crippen MR) is 91.9 cm³/mol. The maximum absolute atomic E-state index is 6.37. The number of anilines is 1. The molecule has 0 radical (unpaired) electrons. The maximum Gasteiger partial charge on any atom is 0.180 e. The first-order valence-corrected chi connectivity index (χ1v) is 8.64. The van der Waals surface area contributed by atoms with Crippen molar-refractivity contribution in [3.8, 4) is 0 Å². The van der Waals surface area contributed by atoms with Gasteiger partial charge in [-0.3, -0.25) is 4.90 Å². The largest absolute Gasteiger partial charge is 0.351 e. The van der Waals surface area contributed by atoms with Crippen LogP contribution >= 0.6 is 34.2 Å². The van der Waals surface area contributed by atoms with Crippen LogP contribution in [0.2, 0.25) is 5.15 Å². The minimum absolute atomic E-state index is 0.484. The summed E-state index contributed by atoms with van der Waals surface area (Å²) in [4.78, 5) is 18.3. The van der Waals surface area contributed by atoms with Crippen LogP contribution < -0.4 is 4.90 Å². The number of hydrogen-bond donors (Lipinski definition) is 0. The molecule has 0 bridgehead atoms. The monoisotopic (exact) mass is 415 g/mol. The number of hydrogen-bond acceptors (Lipinski definition) is 5. The van der Waals surface area contributed by atoms with Crippen molar-refractivity contribution in [1.82, 2.24) is 19.9 Å². The van der Waals surface area contributed by atoms with Gasteiger partial charge in [-0.25, -0.2) is 15.0 Å². The van der Waals surface area contributed by atoms with Crippen LogP contribution in [0.3, 0.4) is 0 Å². The summed E-state index contributed by atoms with van der Waals surface area (Å²) < 4.78 is 1.04. The zero-order chi connectivity index (χ0) is 14.4. The number of aromatic nitrogens is 3. The van der Waals surface area contributed by atoms with Gasteiger partial charge in [-0.05, 0) is 48.0 Å². The van der Waals surface area contributed by atoms with E-state index in [1.165, 1.54) is 19.4 Å². The fourth-order valence-electron chi connectivity index (χ4n) is 3.28. The average molecular weight is 416 g/mol. The lowest BCUT2D eigenvalue weighted by Gasteiger charge is -2.38. The second-order valence-corrected chi connectivity index (χ2v) is 7.22. The smallest absolute Gasteiger partial charge is 0.180 e. The van der Waals surface area contributed by atoms with Gasteiger partial charge in [0.15, 0.2) is 16.6 Å². The third-order valence-corrected chi connectivity index (χ3v) is 5.16. The van der Waals surface area contributed by atoms with Crippen LogP contribution in [0.25, 0.3) is 11.2 Å². The lowest BCUT2D eigenvalue weighted by atomic mass is 10.1. The van der Waals surface area contributed by atoms with E-state index in [0.29, 0.717) is 16.8 Å². The molecular formula is C14H15ClIN5. The van der Waals surface area contributed by atoms with E-state index in [2.05, 4.69) is 47.3 Å². The first-order valence-electron chi connectivity index (χ1n) is 7.18. The molecule has 0 amide bonds. The molecule has 110 valence electrons. The zero-order valence-electron chi connectivity index (χ0n) is 11.5. The lowest BCUT2D eigenvalue weighted by molar-refractivity contribution is 0.230. The molecule has 0 aliphatic carbocycles. The van der Waals surface area contributed by atoms with Gasteiger partial charge in [0.1, 0.15) is 5.52 Å². The molecule has 4 rings (SSSR count). The molecule has 2 aromatic heterocycles. The minimum Gasteiger partial charge on any atom is -0.351 e. The van der Waals surface area contributed by atoms with Crippen molar-refractivity contribution in [3.63, 3.8) is 0 Å². The molecule has 2 fully saturated rings. The summed E-state index contributed by atoms with van der Waals surface area (Å²) in [6.07, 6.45) is 4.38. The van der Waals surface area contributed by atoms with Crippen LogP contribution in [-0.4, -0.2) is 52.1 Å². The van der Waals surface area contributed by atoms with Gasteiger partial charge in [0, 0.05) is 35.4 Å². The highest BCUT2D eigenvalue weighted by Crippen LogP contribution is 2.29. The van der Waals surface area contributed by atoms with Gasteiger partial charge < -0.3 is 4.90 Å². The van der Waals surface area contributed by atoms with Crippen LogP contribution in [0.1, 0.15) is 12.8 Å². The maximum atomic E-state index is 6.37. The number of pyridine rings is 1.